The summed E-state index contributed by atoms with van der Waals surface area (Å²) < 4.78 is 7.68. The molecule has 0 radical (unpaired) electrons. The second kappa shape index (κ2) is 8.84. The largest absolute Gasteiger partial charge is 0.424 e. The number of primary amides is 1. The summed E-state index contributed by atoms with van der Waals surface area (Å²) >= 11 is 0. The van der Waals surface area contributed by atoms with E-state index in [4.69, 9.17) is 10.5 Å². The van der Waals surface area contributed by atoms with Crippen molar-refractivity contribution in [3.63, 3.8) is 0 Å². The Labute approximate surface area is 195 Å². The second-order valence-electron chi connectivity index (χ2n) is 8.00. The predicted octanol–water partition coefficient (Wildman–Crippen LogP) is 4.51. The number of aliphatic hydroxyl groups excluding tert-OH is 1. The molecule has 6 nitrogen and oxygen atoms in total. The van der Waals surface area contributed by atoms with Crippen molar-refractivity contribution in [2.45, 2.75) is 6.54 Å². The number of amides is 1. The molecule has 0 atom stereocenters. The maximum Gasteiger partial charge on any atom is 0.337 e. The lowest BCUT2D eigenvalue weighted by atomic mass is 10.0. The number of aromatic nitrogens is 1. The van der Waals surface area contributed by atoms with Gasteiger partial charge in [-0.25, -0.2) is 4.79 Å². The van der Waals surface area contributed by atoms with Crippen LogP contribution in [0.4, 0.5) is 0 Å². The van der Waals surface area contributed by atoms with Gasteiger partial charge in [-0.15, -0.1) is 0 Å². The molecule has 0 fully saturated rings. The summed E-state index contributed by atoms with van der Waals surface area (Å²) in [5.74, 6) is -1.09. The third kappa shape index (κ3) is 3.80. The summed E-state index contributed by atoms with van der Waals surface area (Å²) in [6, 6.07) is 28.9. The number of nitrogens with zero attached hydrogens (tertiary/aromatic N) is 1. The highest BCUT2D eigenvalue weighted by Gasteiger charge is 2.22. The van der Waals surface area contributed by atoms with Gasteiger partial charge in [0.15, 0.2) is 0 Å². The molecule has 3 N–H and O–H groups in total. The summed E-state index contributed by atoms with van der Waals surface area (Å²) in [7, 11) is 0. The lowest BCUT2D eigenvalue weighted by molar-refractivity contribution is -0.137. The lowest BCUT2D eigenvalue weighted by Gasteiger charge is -2.12. The molecule has 0 saturated carbocycles. The van der Waals surface area contributed by atoms with Crippen LogP contribution in [-0.4, -0.2) is 28.2 Å². The van der Waals surface area contributed by atoms with Gasteiger partial charge in [0.2, 0.25) is 5.91 Å². The number of nitrogens with two attached hydrogens (primary N) is 1. The molecule has 0 bridgehead atoms. The van der Waals surface area contributed by atoms with E-state index in [1.165, 1.54) is 0 Å². The maximum atomic E-state index is 12.4. The molecular formula is C28H22N2O4. The van der Waals surface area contributed by atoms with Gasteiger partial charge in [0.1, 0.15) is 12.4 Å². The van der Waals surface area contributed by atoms with E-state index < -0.39 is 18.5 Å². The van der Waals surface area contributed by atoms with Crippen LogP contribution in [0.3, 0.4) is 0 Å². The minimum atomic E-state index is -0.785. The normalized spacial score (nSPS) is 11.1. The van der Waals surface area contributed by atoms with E-state index in [0.29, 0.717) is 22.9 Å². The van der Waals surface area contributed by atoms with Crippen LogP contribution in [0.5, 0.6) is 5.75 Å². The van der Waals surface area contributed by atoms with Crippen molar-refractivity contribution in [2.24, 2.45) is 5.73 Å². The predicted molar refractivity (Wildman–Crippen MR) is 132 cm³/mol. The first-order valence-electron chi connectivity index (χ1n) is 10.9. The van der Waals surface area contributed by atoms with E-state index in [2.05, 4.69) is 4.57 Å². The summed E-state index contributed by atoms with van der Waals surface area (Å²) in [4.78, 5) is 24.5. The summed E-state index contributed by atoms with van der Waals surface area (Å²) in [5, 5.41) is 10.6. The molecule has 168 valence electrons. The van der Waals surface area contributed by atoms with Crippen molar-refractivity contribution in [1.29, 1.82) is 0 Å². The van der Waals surface area contributed by atoms with Crippen LogP contribution >= 0.6 is 0 Å². The number of carbonyl (C=O) groups is 2. The average Bonchev–Trinajstić information content (AvgIpc) is 3.18. The molecular weight excluding hydrogens is 428 g/mol. The van der Waals surface area contributed by atoms with Crippen LogP contribution in [0, 0.1) is 0 Å². The Balaban J connectivity index is 1.90. The third-order valence-corrected chi connectivity index (χ3v) is 5.86. The molecule has 0 aliphatic rings. The number of benzene rings is 4. The van der Waals surface area contributed by atoms with Gasteiger partial charge in [-0.3, -0.25) is 4.79 Å². The number of esters is 1. The first kappa shape index (κ1) is 21.4. The number of rotatable bonds is 6. The van der Waals surface area contributed by atoms with Gasteiger partial charge in [-0.2, -0.15) is 0 Å². The van der Waals surface area contributed by atoms with Crippen LogP contribution < -0.4 is 10.5 Å². The summed E-state index contributed by atoms with van der Waals surface area (Å²) in [6.45, 7) is -0.225. The number of aliphatic hydroxyl groups is 1. The van der Waals surface area contributed by atoms with Gasteiger partial charge < -0.3 is 20.1 Å². The molecule has 1 amide bonds. The fourth-order valence-electron chi connectivity index (χ4n) is 4.40. The Morgan fingerprint density at radius 3 is 2.18 bits per heavy atom. The molecule has 0 aliphatic carbocycles. The molecule has 34 heavy (non-hydrogen) atoms. The Bertz CT molecular complexity index is 1520. The van der Waals surface area contributed by atoms with Crippen molar-refractivity contribution in [3.8, 4) is 16.9 Å². The molecule has 5 rings (SSSR count). The molecule has 0 unspecified atom stereocenters. The number of hydrogen-bond donors (Lipinski definition) is 2. The second-order valence-corrected chi connectivity index (χ2v) is 8.00. The Hall–Kier alpha value is -4.42. The van der Waals surface area contributed by atoms with Crippen LogP contribution in [0.1, 0.15) is 15.9 Å². The van der Waals surface area contributed by atoms with Crippen molar-refractivity contribution in [2.75, 3.05) is 6.61 Å². The van der Waals surface area contributed by atoms with Gasteiger partial charge in [-0.1, -0.05) is 66.7 Å². The van der Waals surface area contributed by atoms with Gasteiger partial charge >= 0.3 is 5.97 Å². The molecule has 6 heteroatoms. The monoisotopic (exact) mass is 450 g/mol. The van der Waals surface area contributed by atoms with E-state index in [1.807, 2.05) is 72.8 Å². The van der Waals surface area contributed by atoms with Gasteiger partial charge in [0.05, 0.1) is 16.4 Å². The minimum Gasteiger partial charge on any atom is -0.424 e. The number of carbonyl (C=O) groups excluding carboxylic acids is 2. The molecule has 0 saturated heterocycles. The number of ether oxygens (including phenoxy) is 1. The average molecular weight is 450 g/mol. The van der Waals surface area contributed by atoms with Crippen molar-refractivity contribution in [1.82, 2.24) is 4.57 Å². The topological polar surface area (TPSA) is 94.6 Å². The fourth-order valence-corrected chi connectivity index (χ4v) is 4.40. The first-order chi connectivity index (χ1) is 16.6. The van der Waals surface area contributed by atoms with Crippen LogP contribution in [0.25, 0.3) is 32.9 Å². The fraction of sp³-hybridized carbons (Fsp3) is 0.0714. The van der Waals surface area contributed by atoms with Crippen LogP contribution in [0.15, 0.2) is 91.0 Å². The first-order valence-corrected chi connectivity index (χ1v) is 10.9. The van der Waals surface area contributed by atoms with Crippen molar-refractivity contribution >= 4 is 33.7 Å². The molecule has 0 spiro atoms. The van der Waals surface area contributed by atoms with Crippen LogP contribution in [-0.2, 0) is 11.3 Å². The quantitative estimate of drug-likeness (QED) is 0.294. The van der Waals surface area contributed by atoms with Crippen LogP contribution in [0.2, 0.25) is 0 Å². The Kier molecular flexibility index (Phi) is 5.57. The van der Waals surface area contributed by atoms with E-state index in [0.717, 1.165) is 27.7 Å². The smallest absolute Gasteiger partial charge is 0.337 e. The summed E-state index contributed by atoms with van der Waals surface area (Å²) in [5.41, 5.74) is 10.5. The van der Waals surface area contributed by atoms with E-state index in [9.17, 15) is 14.7 Å². The Morgan fingerprint density at radius 2 is 1.50 bits per heavy atom. The molecule has 0 aliphatic heterocycles. The molecule has 5 aromatic rings. The van der Waals surface area contributed by atoms with Crippen molar-refractivity contribution < 1.29 is 19.4 Å². The number of fused-ring (bicyclic) bond motifs is 3. The summed E-state index contributed by atoms with van der Waals surface area (Å²) in [6.07, 6.45) is 0. The van der Waals surface area contributed by atoms with Gasteiger partial charge in [-0.05, 0) is 41.0 Å². The molecule has 1 heterocycles. The minimum absolute atomic E-state index is 0.265. The molecule has 4 aromatic carbocycles. The van der Waals surface area contributed by atoms with E-state index in [-0.39, 0.29) is 5.75 Å². The van der Waals surface area contributed by atoms with Crippen molar-refractivity contribution in [3.05, 3.63) is 102 Å². The highest BCUT2D eigenvalue weighted by atomic mass is 16.5. The standard InChI is InChI=1S/C28H22N2O4/c29-28(33)21-12-7-13-22-26(21)27-23(30(22)16-18-8-3-1-4-9-18)14-20(19-10-5-2-6-11-19)15-24(27)34-25(32)17-31/h1-15,31H,16-17H2,(H2,29,33). The maximum absolute atomic E-state index is 12.4. The zero-order chi connectivity index (χ0) is 23.7. The Morgan fingerprint density at radius 1 is 0.794 bits per heavy atom. The zero-order valence-electron chi connectivity index (χ0n) is 18.3. The lowest BCUT2D eigenvalue weighted by Crippen LogP contribution is -2.13. The van der Waals surface area contributed by atoms with Gasteiger partial charge in [0.25, 0.3) is 0 Å². The molecule has 1 aromatic heterocycles. The highest BCUT2D eigenvalue weighted by molar-refractivity contribution is 6.20. The number of hydrogen-bond acceptors (Lipinski definition) is 4. The third-order valence-electron chi connectivity index (χ3n) is 5.86. The van der Waals surface area contributed by atoms with E-state index in [1.54, 1.807) is 18.2 Å². The van der Waals surface area contributed by atoms with Gasteiger partial charge in [0, 0.05) is 17.5 Å². The zero-order valence-corrected chi connectivity index (χ0v) is 18.3. The van der Waals surface area contributed by atoms with E-state index >= 15 is 0 Å². The SMILES string of the molecule is NC(=O)c1cccc2c1c1c(OC(=O)CO)cc(-c3ccccc3)cc1n2Cc1ccccc1. The highest BCUT2D eigenvalue weighted by Crippen LogP contribution is 2.41.